The Morgan fingerprint density at radius 2 is 2.19 bits per heavy atom. The maximum absolute atomic E-state index is 11.0. The molecule has 2 rings (SSSR count). The van der Waals surface area contributed by atoms with Crippen LogP contribution in [0.5, 0.6) is 0 Å². The molecule has 16 heavy (non-hydrogen) atoms. The van der Waals surface area contributed by atoms with Gasteiger partial charge in [0, 0.05) is 18.6 Å². The van der Waals surface area contributed by atoms with Gasteiger partial charge in [0.25, 0.3) is 0 Å². The molecule has 1 heterocycles. The van der Waals surface area contributed by atoms with Gasteiger partial charge in [-0.1, -0.05) is 6.42 Å². The molecule has 0 bridgehead atoms. The molecule has 2 fully saturated rings. The number of carbonyl (C=O) groups is 1. The molecule has 1 saturated carbocycles. The van der Waals surface area contributed by atoms with Gasteiger partial charge in [-0.2, -0.15) is 0 Å². The van der Waals surface area contributed by atoms with E-state index >= 15 is 0 Å². The first-order valence-corrected chi connectivity index (χ1v) is 6.40. The number of carboxylic acids is 1. The van der Waals surface area contributed by atoms with Crippen molar-refractivity contribution in [2.75, 3.05) is 13.1 Å². The minimum absolute atomic E-state index is 0.341. The Kier molecular flexibility index (Phi) is 3.82. The Labute approximate surface area is 97.0 Å². The van der Waals surface area contributed by atoms with Crippen LogP contribution in [0.2, 0.25) is 0 Å². The number of nitrogens with zero attached hydrogens (tertiary/aromatic N) is 1. The molecule has 0 aromatic heterocycles. The Bertz CT molecular complexity index is 253. The van der Waals surface area contributed by atoms with Crippen LogP contribution in [0.3, 0.4) is 0 Å². The van der Waals surface area contributed by atoms with E-state index in [9.17, 15) is 4.79 Å². The largest absolute Gasteiger partial charge is 0.480 e. The number of hydrogen-bond donors (Lipinski definition) is 2. The zero-order valence-electron chi connectivity index (χ0n) is 9.98. The molecule has 2 atom stereocenters. The summed E-state index contributed by atoms with van der Waals surface area (Å²) in [6, 6.07) is 0.788. The lowest BCUT2D eigenvalue weighted by Crippen LogP contribution is -2.52. The molecule has 92 valence electrons. The summed E-state index contributed by atoms with van der Waals surface area (Å²) >= 11 is 0. The fraction of sp³-hybridized carbons (Fsp3) is 0.917. The van der Waals surface area contributed by atoms with Crippen molar-refractivity contribution in [3.63, 3.8) is 0 Å². The lowest BCUT2D eigenvalue weighted by Gasteiger charge is -2.38. The molecule has 2 unspecified atom stereocenters. The standard InChI is InChI=1S/C12H22N2O2/c1-9(12(15)16)14-7-3-2-4-11(14)8-13-10-5-6-10/h9-11,13H,2-8H2,1H3,(H,15,16). The first-order chi connectivity index (χ1) is 7.68. The zero-order chi connectivity index (χ0) is 11.5. The third-order valence-corrected chi connectivity index (χ3v) is 3.75. The maximum Gasteiger partial charge on any atom is 0.320 e. The number of likely N-dealkylation sites (tertiary alicyclic amines) is 1. The number of carboxylic acid groups (broad SMARTS) is 1. The van der Waals surface area contributed by atoms with E-state index in [1.54, 1.807) is 6.92 Å². The van der Waals surface area contributed by atoms with Gasteiger partial charge in [-0.15, -0.1) is 0 Å². The van der Waals surface area contributed by atoms with Crippen LogP contribution in [0.15, 0.2) is 0 Å². The van der Waals surface area contributed by atoms with Crippen LogP contribution in [-0.2, 0) is 4.79 Å². The summed E-state index contributed by atoms with van der Waals surface area (Å²) in [5.74, 6) is -0.696. The van der Waals surface area contributed by atoms with E-state index < -0.39 is 5.97 Å². The van der Waals surface area contributed by atoms with Crippen molar-refractivity contribution in [2.24, 2.45) is 0 Å². The van der Waals surface area contributed by atoms with Crippen LogP contribution < -0.4 is 5.32 Å². The van der Waals surface area contributed by atoms with E-state index in [4.69, 9.17) is 5.11 Å². The second-order valence-corrected chi connectivity index (χ2v) is 5.08. The molecule has 0 amide bonds. The summed E-state index contributed by atoms with van der Waals surface area (Å²) < 4.78 is 0. The van der Waals surface area contributed by atoms with E-state index in [0.29, 0.717) is 12.1 Å². The van der Waals surface area contributed by atoms with Crippen LogP contribution >= 0.6 is 0 Å². The van der Waals surface area contributed by atoms with E-state index in [1.807, 2.05) is 0 Å². The van der Waals surface area contributed by atoms with Crippen LogP contribution in [0.1, 0.15) is 39.0 Å². The van der Waals surface area contributed by atoms with E-state index in [0.717, 1.165) is 25.9 Å². The summed E-state index contributed by atoms with van der Waals surface area (Å²) in [6.45, 7) is 3.70. The van der Waals surface area contributed by atoms with E-state index in [2.05, 4.69) is 10.2 Å². The van der Waals surface area contributed by atoms with Crippen molar-refractivity contribution in [3.05, 3.63) is 0 Å². The second-order valence-electron chi connectivity index (χ2n) is 5.08. The Hall–Kier alpha value is -0.610. The monoisotopic (exact) mass is 226 g/mol. The third-order valence-electron chi connectivity index (χ3n) is 3.75. The number of hydrogen-bond acceptors (Lipinski definition) is 3. The van der Waals surface area contributed by atoms with Crippen molar-refractivity contribution in [3.8, 4) is 0 Å². The SMILES string of the molecule is CC(C(=O)O)N1CCCCC1CNC1CC1. The van der Waals surface area contributed by atoms with Gasteiger partial charge < -0.3 is 10.4 Å². The fourth-order valence-corrected chi connectivity index (χ4v) is 2.48. The molecule has 0 spiro atoms. The molecule has 2 N–H and O–H groups in total. The summed E-state index contributed by atoms with van der Waals surface area (Å²) in [6.07, 6.45) is 6.09. The second kappa shape index (κ2) is 5.15. The van der Waals surface area contributed by atoms with Crippen LogP contribution in [-0.4, -0.2) is 47.2 Å². The summed E-state index contributed by atoms with van der Waals surface area (Å²) in [7, 11) is 0. The lowest BCUT2D eigenvalue weighted by atomic mass is 10.00. The fourth-order valence-electron chi connectivity index (χ4n) is 2.48. The van der Waals surface area contributed by atoms with Gasteiger partial charge in [-0.05, 0) is 39.2 Å². The predicted molar refractivity (Wildman–Crippen MR) is 62.5 cm³/mol. The van der Waals surface area contributed by atoms with Gasteiger partial charge in [0.15, 0.2) is 0 Å². The Morgan fingerprint density at radius 1 is 1.44 bits per heavy atom. The summed E-state index contributed by atoms with van der Waals surface area (Å²) in [4.78, 5) is 13.2. The first-order valence-electron chi connectivity index (χ1n) is 6.40. The molecule has 4 heteroatoms. The number of piperidine rings is 1. The number of nitrogens with one attached hydrogen (secondary N) is 1. The minimum Gasteiger partial charge on any atom is -0.480 e. The van der Waals surface area contributed by atoms with Crippen molar-refractivity contribution in [2.45, 2.75) is 57.2 Å². The molecule has 0 aromatic carbocycles. The highest BCUT2D eigenvalue weighted by Gasteiger charge is 2.31. The minimum atomic E-state index is -0.696. The molecule has 1 aliphatic carbocycles. The molecule has 2 aliphatic rings. The van der Waals surface area contributed by atoms with Gasteiger partial charge in [-0.3, -0.25) is 9.69 Å². The van der Waals surface area contributed by atoms with Gasteiger partial charge in [0.2, 0.25) is 0 Å². The number of rotatable bonds is 5. The smallest absolute Gasteiger partial charge is 0.320 e. The van der Waals surface area contributed by atoms with Gasteiger partial charge in [0.05, 0.1) is 0 Å². The Morgan fingerprint density at radius 3 is 2.81 bits per heavy atom. The molecule has 1 saturated heterocycles. The summed E-state index contributed by atoms with van der Waals surface area (Å²) in [5.41, 5.74) is 0. The normalized spacial score (nSPS) is 28.9. The predicted octanol–water partition coefficient (Wildman–Crippen LogP) is 1.07. The zero-order valence-corrected chi connectivity index (χ0v) is 9.98. The summed E-state index contributed by atoms with van der Waals surface area (Å²) in [5, 5.41) is 12.6. The molecule has 4 nitrogen and oxygen atoms in total. The highest BCUT2D eigenvalue weighted by molar-refractivity contribution is 5.72. The van der Waals surface area contributed by atoms with Crippen molar-refractivity contribution < 1.29 is 9.90 Å². The third kappa shape index (κ3) is 2.95. The number of aliphatic carboxylic acids is 1. The highest BCUT2D eigenvalue weighted by Crippen LogP contribution is 2.22. The molecule has 1 aliphatic heterocycles. The van der Waals surface area contributed by atoms with Crippen molar-refractivity contribution >= 4 is 5.97 Å². The van der Waals surface area contributed by atoms with Crippen LogP contribution in [0, 0.1) is 0 Å². The van der Waals surface area contributed by atoms with E-state index in [-0.39, 0.29) is 6.04 Å². The highest BCUT2D eigenvalue weighted by atomic mass is 16.4. The molecule has 0 aromatic rings. The molecule has 0 radical (unpaired) electrons. The van der Waals surface area contributed by atoms with E-state index in [1.165, 1.54) is 19.3 Å². The quantitative estimate of drug-likeness (QED) is 0.736. The molecular formula is C12H22N2O2. The van der Waals surface area contributed by atoms with Crippen molar-refractivity contribution in [1.29, 1.82) is 0 Å². The average Bonchev–Trinajstić information content (AvgIpc) is 3.09. The van der Waals surface area contributed by atoms with Crippen molar-refractivity contribution in [1.82, 2.24) is 10.2 Å². The van der Waals surface area contributed by atoms with Gasteiger partial charge in [0.1, 0.15) is 6.04 Å². The first kappa shape index (κ1) is 11.9. The van der Waals surface area contributed by atoms with Crippen LogP contribution in [0.4, 0.5) is 0 Å². The van der Waals surface area contributed by atoms with Gasteiger partial charge in [-0.25, -0.2) is 0 Å². The van der Waals surface area contributed by atoms with Gasteiger partial charge >= 0.3 is 5.97 Å². The van der Waals surface area contributed by atoms with Crippen LogP contribution in [0.25, 0.3) is 0 Å². The lowest BCUT2D eigenvalue weighted by molar-refractivity contribution is -0.144. The topological polar surface area (TPSA) is 52.6 Å². The Balaban J connectivity index is 1.87. The molecular weight excluding hydrogens is 204 g/mol. The maximum atomic E-state index is 11.0. The average molecular weight is 226 g/mol.